The number of allylic oxidation sites excluding steroid dienone is 1. The molecule has 1 fully saturated rings. The minimum Gasteiger partial charge on any atom is -0.491 e. The number of aryl methyl sites for hydroxylation is 1. The number of imidazole rings is 1. The molecule has 0 atom stereocenters. The highest BCUT2D eigenvalue weighted by Gasteiger charge is 2.36. The lowest BCUT2D eigenvalue weighted by Crippen LogP contribution is -2.34. The van der Waals surface area contributed by atoms with Crippen LogP contribution in [0.1, 0.15) is 24.8 Å². The van der Waals surface area contributed by atoms with Gasteiger partial charge in [-0.05, 0) is 50.2 Å². The van der Waals surface area contributed by atoms with Gasteiger partial charge < -0.3 is 20.5 Å². The number of benzene rings is 1. The van der Waals surface area contributed by atoms with Gasteiger partial charge in [0.05, 0.1) is 23.4 Å². The molecule has 3 heterocycles. The number of pyridine rings is 1. The summed E-state index contributed by atoms with van der Waals surface area (Å²) >= 11 is 0. The third-order valence-electron chi connectivity index (χ3n) is 6.26. The molecule has 0 aliphatic carbocycles. The number of aromatic nitrogens is 3. The number of nitrogens with two attached hydrogens (primary N) is 2. The molecule has 0 saturated carbocycles. The summed E-state index contributed by atoms with van der Waals surface area (Å²) in [4.78, 5) is 11.0. The number of hydrazine groups is 1. The second kappa shape index (κ2) is 11.2. The van der Waals surface area contributed by atoms with E-state index in [9.17, 15) is 17.6 Å². The standard InChI is InChI=1S/C25H29F4N7O/c1-35-15-33-22(19-13-16(7-8-32-19)21(30)24(34-31)25(27,28)29)23(35)18-6-5-17(26)14-20(18)37-12-11-36-9-3-2-4-10-36/h5-8,13-15,34H,2-4,9-12,30-31H2,1H3/b24-21-. The zero-order chi connectivity index (χ0) is 26.6. The van der Waals surface area contributed by atoms with Crippen LogP contribution in [0.5, 0.6) is 5.75 Å². The van der Waals surface area contributed by atoms with Crippen LogP contribution in [0.3, 0.4) is 0 Å². The number of hydrogen-bond donors (Lipinski definition) is 3. The van der Waals surface area contributed by atoms with Gasteiger partial charge in [-0.25, -0.2) is 9.37 Å². The van der Waals surface area contributed by atoms with Crippen molar-refractivity contribution in [2.45, 2.75) is 25.4 Å². The lowest BCUT2D eigenvalue weighted by molar-refractivity contribution is -0.0961. The fourth-order valence-corrected chi connectivity index (χ4v) is 4.40. The minimum absolute atomic E-state index is 0.0592. The van der Waals surface area contributed by atoms with Crippen LogP contribution < -0.4 is 21.7 Å². The Morgan fingerprint density at radius 3 is 2.57 bits per heavy atom. The zero-order valence-corrected chi connectivity index (χ0v) is 20.4. The van der Waals surface area contributed by atoms with Gasteiger partial charge in [0.25, 0.3) is 0 Å². The van der Waals surface area contributed by atoms with Crippen LogP contribution in [-0.4, -0.2) is 51.9 Å². The van der Waals surface area contributed by atoms with E-state index in [1.807, 2.05) is 0 Å². The normalized spacial score (nSPS) is 15.4. The number of halogens is 4. The first-order chi connectivity index (χ1) is 17.7. The van der Waals surface area contributed by atoms with Crippen LogP contribution in [0, 0.1) is 5.82 Å². The van der Waals surface area contributed by atoms with Crippen LogP contribution in [0.4, 0.5) is 17.6 Å². The molecule has 1 saturated heterocycles. The van der Waals surface area contributed by atoms with Crippen LogP contribution >= 0.6 is 0 Å². The Bertz CT molecular complexity index is 1270. The van der Waals surface area contributed by atoms with E-state index in [0.717, 1.165) is 32.5 Å². The molecule has 0 spiro atoms. The van der Waals surface area contributed by atoms with E-state index in [4.69, 9.17) is 16.3 Å². The van der Waals surface area contributed by atoms with Crippen molar-refractivity contribution in [3.05, 3.63) is 59.9 Å². The topological polar surface area (TPSA) is 107 Å². The van der Waals surface area contributed by atoms with Crippen molar-refractivity contribution in [1.29, 1.82) is 0 Å². The van der Waals surface area contributed by atoms with Gasteiger partial charge in [0.2, 0.25) is 0 Å². The lowest BCUT2D eigenvalue weighted by atomic mass is 10.0. The Balaban J connectivity index is 1.68. The summed E-state index contributed by atoms with van der Waals surface area (Å²) in [5, 5.41) is 0. The molecule has 0 bridgehead atoms. The quantitative estimate of drug-likeness (QED) is 0.236. The summed E-state index contributed by atoms with van der Waals surface area (Å²) in [6.07, 6.45) is 1.64. The predicted molar refractivity (Wildman–Crippen MR) is 132 cm³/mol. The Morgan fingerprint density at radius 1 is 1.11 bits per heavy atom. The molecule has 1 aromatic carbocycles. The number of rotatable bonds is 8. The summed E-state index contributed by atoms with van der Waals surface area (Å²) in [7, 11) is 1.75. The molecule has 1 aliphatic rings. The number of hydrogen-bond acceptors (Lipinski definition) is 7. The SMILES string of the molecule is Cn1cnc(-c2cc(/C(N)=C(/NN)C(F)(F)F)ccn2)c1-c1ccc(F)cc1OCCN1CCCCC1. The highest BCUT2D eigenvalue weighted by Crippen LogP contribution is 2.37. The van der Waals surface area contributed by atoms with Crippen molar-refractivity contribution < 1.29 is 22.3 Å². The summed E-state index contributed by atoms with van der Waals surface area (Å²) in [6, 6.07) is 6.96. The second-order valence-corrected chi connectivity index (χ2v) is 8.80. The number of nitrogens with zero attached hydrogens (tertiary/aromatic N) is 4. The third kappa shape index (κ3) is 6.03. The van der Waals surface area contributed by atoms with Crippen molar-refractivity contribution in [3.63, 3.8) is 0 Å². The van der Waals surface area contributed by atoms with E-state index in [1.165, 1.54) is 36.9 Å². The lowest BCUT2D eigenvalue weighted by Gasteiger charge is -2.26. The molecule has 5 N–H and O–H groups in total. The van der Waals surface area contributed by atoms with Gasteiger partial charge in [-0.15, -0.1) is 0 Å². The van der Waals surface area contributed by atoms with Gasteiger partial charge in [0.15, 0.2) is 5.70 Å². The van der Waals surface area contributed by atoms with E-state index in [-0.39, 0.29) is 11.3 Å². The van der Waals surface area contributed by atoms with Crippen LogP contribution in [-0.2, 0) is 7.05 Å². The third-order valence-corrected chi connectivity index (χ3v) is 6.26. The largest absolute Gasteiger partial charge is 0.491 e. The second-order valence-electron chi connectivity index (χ2n) is 8.80. The van der Waals surface area contributed by atoms with Crippen LogP contribution in [0.25, 0.3) is 28.3 Å². The highest BCUT2D eigenvalue weighted by molar-refractivity contribution is 5.81. The maximum Gasteiger partial charge on any atom is 0.434 e. The molecule has 0 amide bonds. The Hall–Kier alpha value is -3.64. The molecule has 3 aromatic rings. The summed E-state index contributed by atoms with van der Waals surface area (Å²) in [5.74, 6) is 4.97. The average molecular weight is 520 g/mol. The van der Waals surface area contributed by atoms with Gasteiger partial charge in [-0.3, -0.25) is 15.7 Å². The van der Waals surface area contributed by atoms with Crippen LogP contribution in [0.15, 0.2) is 48.6 Å². The first-order valence-corrected chi connectivity index (χ1v) is 11.9. The van der Waals surface area contributed by atoms with Gasteiger partial charge in [-0.1, -0.05) is 6.42 Å². The minimum atomic E-state index is -4.77. The van der Waals surface area contributed by atoms with Crippen molar-refractivity contribution >= 4 is 5.70 Å². The number of ether oxygens (including phenoxy) is 1. The summed E-state index contributed by atoms with van der Waals surface area (Å²) < 4.78 is 61.8. The smallest absolute Gasteiger partial charge is 0.434 e. The molecule has 0 radical (unpaired) electrons. The zero-order valence-electron chi connectivity index (χ0n) is 20.4. The highest BCUT2D eigenvalue weighted by atomic mass is 19.4. The van der Waals surface area contributed by atoms with E-state index in [0.29, 0.717) is 29.3 Å². The number of likely N-dealkylation sites (tertiary alicyclic amines) is 1. The van der Waals surface area contributed by atoms with E-state index >= 15 is 0 Å². The predicted octanol–water partition coefficient (Wildman–Crippen LogP) is 3.81. The molecule has 37 heavy (non-hydrogen) atoms. The Labute approximate surface area is 211 Å². The molecular formula is C25H29F4N7O. The Kier molecular flexibility index (Phi) is 7.98. The Morgan fingerprint density at radius 2 is 1.86 bits per heavy atom. The van der Waals surface area contributed by atoms with E-state index in [1.54, 1.807) is 29.4 Å². The number of piperidine rings is 1. The van der Waals surface area contributed by atoms with Gasteiger partial charge >= 0.3 is 6.18 Å². The molecule has 8 nitrogen and oxygen atoms in total. The molecule has 4 rings (SSSR count). The van der Waals surface area contributed by atoms with Crippen molar-refractivity contribution in [2.24, 2.45) is 18.6 Å². The molecule has 1 aliphatic heterocycles. The first kappa shape index (κ1) is 26.4. The van der Waals surface area contributed by atoms with Crippen molar-refractivity contribution in [3.8, 4) is 28.4 Å². The molecule has 198 valence electrons. The van der Waals surface area contributed by atoms with Gasteiger partial charge in [0.1, 0.15) is 23.9 Å². The van der Waals surface area contributed by atoms with Crippen LogP contribution in [0.2, 0.25) is 0 Å². The van der Waals surface area contributed by atoms with Gasteiger partial charge in [-0.2, -0.15) is 13.2 Å². The molecule has 0 unspecified atom stereocenters. The number of alkyl halides is 3. The average Bonchev–Trinajstić information content (AvgIpc) is 3.25. The first-order valence-electron chi connectivity index (χ1n) is 11.9. The van der Waals surface area contributed by atoms with E-state index in [2.05, 4.69) is 14.9 Å². The molecule has 2 aromatic heterocycles. The maximum absolute atomic E-state index is 14.2. The van der Waals surface area contributed by atoms with Crippen molar-refractivity contribution in [2.75, 3.05) is 26.2 Å². The fraction of sp³-hybridized carbons (Fsp3) is 0.360. The summed E-state index contributed by atoms with van der Waals surface area (Å²) in [5.41, 5.74) is 7.42. The molecular weight excluding hydrogens is 490 g/mol. The fourth-order valence-electron chi connectivity index (χ4n) is 4.40. The van der Waals surface area contributed by atoms with E-state index < -0.39 is 23.4 Å². The van der Waals surface area contributed by atoms with Crippen molar-refractivity contribution in [1.82, 2.24) is 24.9 Å². The molecule has 12 heteroatoms. The monoisotopic (exact) mass is 519 g/mol. The number of nitrogens with one attached hydrogen (secondary N) is 1. The van der Waals surface area contributed by atoms with Gasteiger partial charge in [0, 0.05) is 37.0 Å². The maximum atomic E-state index is 14.2. The summed E-state index contributed by atoms with van der Waals surface area (Å²) in [6.45, 7) is 3.13.